The van der Waals surface area contributed by atoms with E-state index >= 15 is 0 Å². The highest BCUT2D eigenvalue weighted by Crippen LogP contribution is 2.18. The number of amides is 1. The van der Waals surface area contributed by atoms with Crippen LogP contribution in [0, 0.1) is 6.92 Å². The molecule has 30 heavy (non-hydrogen) atoms. The molecule has 0 radical (unpaired) electrons. The number of carbonyl (C=O) groups excluding carboxylic acids is 1. The molecule has 0 aliphatic rings. The Balaban J connectivity index is 2.00. The van der Waals surface area contributed by atoms with Gasteiger partial charge in [-0.05, 0) is 31.0 Å². The lowest BCUT2D eigenvalue weighted by atomic mass is 10.0. The van der Waals surface area contributed by atoms with Crippen molar-refractivity contribution in [2.75, 3.05) is 18.1 Å². The summed E-state index contributed by atoms with van der Waals surface area (Å²) in [5, 5.41) is 9.33. The Kier molecular flexibility index (Phi) is 16.4. The van der Waals surface area contributed by atoms with Crippen molar-refractivity contribution in [1.29, 1.82) is 0 Å². The van der Waals surface area contributed by atoms with Gasteiger partial charge in [-0.1, -0.05) is 109 Å². The van der Waals surface area contributed by atoms with E-state index in [1.54, 1.807) is 4.90 Å². The lowest BCUT2D eigenvalue weighted by Crippen LogP contribution is -2.33. The van der Waals surface area contributed by atoms with Crippen molar-refractivity contribution in [3.63, 3.8) is 0 Å². The van der Waals surface area contributed by atoms with Crippen molar-refractivity contribution in [3.8, 4) is 0 Å². The zero-order chi connectivity index (χ0) is 21.9. The molecule has 0 saturated heterocycles. The third-order valence-corrected chi connectivity index (χ3v) is 5.93. The second kappa shape index (κ2) is 18.4. The van der Waals surface area contributed by atoms with Gasteiger partial charge < -0.3 is 10.0 Å². The quantitative estimate of drug-likeness (QED) is 0.236. The van der Waals surface area contributed by atoms with Crippen molar-refractivity contribution in [2.24, 2.45) is 0 Å². The molecular weight excluding hydrogens is 370 g/mol. The van der Waals surface area contributed by atoms with E-state index in [-0.39, 0.29) is 12.5 Å². The molecule has 3 nitrogen and oxygen atoms in total. The SMILES string of the molecule is CCCCCCCCCCCCCCCCCC(=O)N(CCO)c1cccc(C)c1. The van der Waals surface area contributed by atoms with Crippen LogP contribution in [0.1, 0.15) is 115 Å². The molecule has 0 spiro atoms. The van der Waals surface area contributed by atoms with Gasteiger partial charge in [0.25, 0.3) is 0 Å². The number of benzene rings is 1. The summed E-state index contributed by atoms with van der Waals surface area (Å²) in [6.07, 6.45) is 20.5. The Bertz CT molecular complexity index is 543. The molecule has 0 bridgehead atoms. The average molecular weight is 418 g/mol. The van der Waals surface area contributed by atoms with Crippen LogP contribution in [0.5, 0.6) is 0 Å². The van der Waals surface area contributed by atoms with Crippen LogP contribution in [0.3, 0.4) is 0 Å². The standard InChI is InChI=1S/C27H47NO2/c1-3-4-5-6-7-8-9-10-11-12-13-14-15-16-17-21-27(30)28(22-23-29)26-20-18-19-25(2)24-26/h18-20,24,29H,3-17,21-23H2,1-2H3. The van der Waals surface area contributed by atoms with E-state index in [1.165, 1.54) is 83.5 Å². The zero-order valence-corrected chi connectivity index (χ0v) is 19.8. The molecule has 0 unspecified atom stereocenters. The average Bonchev–Trinajstić information content (AvgIpc) is 2.74. The van der Waals surface area contributed by atoms with Gasteiger partial charge in [0.2, 0.25) is 5.91 Å². The normalized spacial score (nSPS) is 11.0. The number of anilines is 1. The molecule has 0 saturated carbocycles. The highest BCUT2D eigenvalue weighted by molar-refractivity contribution is 5.93. The number of unbranched alkanes of at least 4 members (excludes halogenated alkanes) is 14. The second-order valence-corrected chi connectivity index (χ2v) is 8.81. The van der Waals surface area contributed by atoms with Crippen LogP contribution in [0.25, 0.3) is 0 Å². The molecular formula is C27H47NO2. The summed E-state index contributed by atoms with van der Waals surface area (Å²) in [6.45, 7) is 4.68. The molecule has 1 aromatic carbocycles. The minimum absolute atomic E-state index is 0.00145. The summed E-state index contributed by atoms with van der Waals surface area (Å²) in [5.74, 6) is 0.129. The van der Waals surface area contributed by atoms with Gasteiger partial charge in [-0.2, -0.15) is 0 Å². The fourth-order valence-corrected chi connectivity index (χ4v) is 4.08. The van der Waals surface area contributed by atoms with Crippen LogP contribution in [0.2, 0.25) is 0 Å². The summed E-state index contributed by atoms with van der Waals surface area (Å²) in [7, 11) is 0. The molecule has 0 fully saturated rings. The monoisotopic (exact) mass is 417 g/mol. The molecule has 1 N–H and O–H groups in total. The summed E-state index contributed by atoms with van der Waals surface area (Å²) >= 11 is 0. The van der Waals surface area contributed by atoms with Gasteiger partial charge in [-0.25, -0.2) is 0 Å². The Morgan fingerprint density at radius 2 is 1.30 bits per heavy atom. The summed E-state index contributed by atoms with van der Waals surface area (Å²) < 4.78 is 0. The van der Waals surface area contributed by atoms with Gasteiger partial charge in [0, 0.05) is 18.7 Å². The Morgan fingerprint density at radius 3 is 1.77 bits per heavy atom. The minimum Gasteiger partial charge on any atom is -0.395 e. The highest BCUT2D eigenvalue weighted by atomic mass is 16.3. The maximum atomic E-state index is 12.6. The predicted molar refractivity (Wildman–Crippen MR) is 130 cm³/mol. The molecule has 1 aromatic rings. The van der Waals surface area contributed by atoms with Gasteiger partial charge in [0.1, 0.15) is 0 Å². The summed E-state index contributed by atoms with van der Waals surface area (Å²) in [5.41, 5.74) is 2.03. The van der Waals surface area contributed by atoms with E-state index < -0.39 is 0 Å². The molecule has 0 atom stereocenters. The van der Waals surface area contributed by atoms with Crippen LogP contribution < -0.4 is 4.90 Å². The number of nitrogens with zero attached hydrogens (tertiary/aromatic N) is 1. The lowest BCUT2D eigenvalue weighted by Gasteiger charge is -2.22. The van der Waals surface area contributed by atoms with Crippen molar-refractivity contribution in [3.05, 3.63) is 29.8 Å². The van der Waals surface area contributed by atoms with Crippen molar-refractivity contribution in [1.82, 2.24) is 0 Å². The van der Waals surface area contributed by atoms with Crippen LogP contribution in [-0.2, 0) is 4.79 Å². The second-order valence-electron chi connectivity index (χ2n) is 8.81. The molecule has 0 aliphatic heterocycles. The first kappa shape index (κ1) is 26.7. The van der Waals surface area contributed by atoms with E-state index in [4.69, 9.17) is 0 Å². The fraction of sp³-hybridized carbons (Fsp3) is 0.741. The molecule has 172 valence electrons. The minimum atomic E-state index is -0.00145. The number of carbonyl (C=O) groups is 1. The van der Waals surface area contributed by atoms with E-state index in [1.807, 2.05) is 31.2 Å². The van der Waals surface area contributed by atoms with E-state index in [2.05, 4.69) is 6.92 Å². The Labute approximate surface area is 186 Å². The van der Waals surface area contributed by atoms with Gasteiger partial charge in [0.15, 0.2) is 0 Å². The number of aliphatic hydroxyl groups excluding tert-OH is 1. The lowest BCUT2D eigenvalue weighted by molar-refractivity contribution is -0.118. The zero-order valence-electron chi connectivity index (χ0n) is 19.8. The number of hydrogen-bond donors (Lipinski definition) is 1. The maximum absolute atomic E-state index is 12.6. The van der Waals surface area contributed by atoms with Gasteiger partial charge in [-0.3, -0.25) is 4.79 Å². The Hall–Kier alpha value is -1.35. The molecule has 0 aromatic heterocycles. The Morgan fingerprint density at radius 1 is 0.800 bits per heavy atom. The maximum Gasteiger partial charge on any atom is 0.227 e. The number of rotatable bonds is 19. The fourth-order valence-electron chi connectivity index (χ4n) is 4.08. The number of hydrogen-bond acceptors (Lipinski definition) is 2. The van der Waals surface area contributed by atoms with Crippen LogP contribution in [0.15, 0.2) is 24.3 Å². The molecule has 0 heterocycles. The smallest absolute Gasteiger partial charge is 0.227 e. The first-order valence-corrected chi connectivity index (χ1v) is 12.7. The van der Waals surface area contributed by atoms with Crippen LogP contribution in [0.4, 0.5) is 5.69 Å². The molecule has 3 heteroatoms. The highest BCUT2D eigenvalue weighted by Gasteiger charge is 2.14. The van der Waals surface area contributed by atoms with E-state index in [9.17, 15) is 9.90 Å². The third-order valence-electron chi connectivity index (χ3n) is 5.93. The van der Waals surface area contributed by atoms with Gasteiger partial charge in [0.05, 0.1) is 6.61 Å². The molecule has 1 rings (SSSR count). The topological polar surface area (TPSA) is 40.5 Å². The van der Waals surface area contributed by atoms with Crippen molar-refractivity contribution >= 4 is 11.6 Å². The van der Waals surface area contributed by atoms with Gasteiger partial charge >= 0.3 is 0 Å². The number of aliphatic hydroxyl groups is 1. The van der Waals surface area contributed by atoms with Crippen LogP contribution in [-0.4, -0.2) is 24.2 Å². The van der Waals surface area contributed by atoms with Crippen LogP contribution >= 0.6 is 0 Å². The van der Waals surface area contributed by atoms with E-state index in [0.717, 1.165) is 24.1 Å². The summed E-state index contributed by atoms with van der Waals surface area (Å²) in [4.78, 5) is 14.3. The summed E-state index contributed by atoms with van der Waals surface area (Å²) in [6, 6.07) is 7.96. The largest absolute Gasteiger partial charge is 0.395 e. The van der Waals surface area contributed by atoms with Gasteiger partial charge in [-0.15, -0.1) is 0 Å². The molecule has 1 amide bonds. The molecule has 0 aliphatic carbocycles. The van der Waals surface area contributed by atoms with Crippen molar-refractivity contribution < 1.29 is 9.90 Å². The van der Waals surface area contributed by atoms with Crippen molar-refractivity contribution in [2.45, 2.75) is 117 Å². The van der Waals surface area contributed by atoms with E-state index in [0.29, 0.717) is 13.0 Å². The number of aryl methyl sites for hydroxylation is 1. The first-order chi connectivity index (χ1) is 14.7. The third kappa shape index (κ3) is 13.1. The first-order valence-electron chi connectivity index (χ1n) is 12.7. The predicted octanol–water partition coefficient (Wildman–Crippen LogP) is 7.58.